The van der Waals surface area contributed by atoms with Gasteiger partial charge >= 0.3 is 0 Å². The number of rotatable bonds is 10. The number of ether oxygens (including phenoxy) is 3. The van der Waals surface area contributed by atoms with E-state index in [0.29, 0.717) is 62.1 Å². The van der Waals surface area contributed by atoms with Crippen LogP contribution >= 0.6 is 0 Å². The summed E-state index contributed by atoms with van der Waals surface area (Å²) in [4.78, 5) is 14.4. The van der Waals surface area contributed by atoms with Crippen molar-refractivity contribution in [3.63, 3.8) is 0 Å². The van der Waals surface area contributed by atoms with E-state index in [0.717, 1.165) is 12.1 Å². The van der Waals surface area contributed by atoms with Crippen LogP contribution in [-0.2, 0) is 14.8 Å². The number of benzene rings is 2. The Morgan fingerprint density at radius 3 is 2.14 bits per heavy atom. The maximum atomic E-state index is 13.1. The van der Waals surface area contributed by atoms with Crippen LogP contribution in [0.5, 0.6) is 17.2 Å². The second-order valence-corrected chi connectivity index (χ2v) is 9.72. The summed E-state index contributed by atoms with van der Waals surface area (Å²) < 4.78 is 55.8. The first-order valence-electron chi connectivity index (χ1n) is 11.0. The molecule has 1 aliphatic heterocycles. The predicted octanol–water partition coefficient (Wildman–Crippen LogP) is 1.99. The average molecular weight is 508 g/mol. The smallest absolute Gasteiger partial charge is 0.244 e. The molecular weight excluding hydrogens is 477 g/mol. The van der Waals surface area contributed by atoms with Crippen molar-refractivity contribution in [2.24, 2.45) is 0 Å². The van der Waals surface area contributed by atoms with E-state index in [1.807, 2.05) is 0 Å². The summed E-state index contributed by atoms with van der Waals surface area (Å²) in [5.41, 5.74) is 0.716. The van der Waals surface area contributed by atoms with Crippen LogP contribution < -0.4 is 19.5 Å². The molecule has 1 fully saturated rings. The predicted molar refractivity (Wildman–Crippen MR) is 130 cm³/mol. The second-order valence-electron chi connectivity index (χ2n) is 7.78. The Labute approximate surface area is 205 Å². The first-order chi connectivity index (χ1) is 16.8. The maximum absolute atomic E-state index is 13.1. The molecule has 0 atom stereocenters. The molecule has 11 heteroatoms. The highest BCUT2D eigenvalue weighted by Crippen LogP contribution is 2.38. The van der Waals surface area contributed by atoms with Gasteiger partial charge in [-0.15, -0.1) is 0 Å². The summed E-state index contributed by atoms with van der Waals surface area (Å²) in [6, 6.07) is 8.31. The summed E-state index contributed by atoms with van der Waals surface area (Å²) in [7, 11) is 0.919. The highest BCUT2D eigenvalue weighted by atomic mass is 32.2. The monoisotopic (exact) mass is 507 g/mol. The lowest BCUT2D eigenvalue weighted by molar-refractivity contribution is -0.116. The lowest BCUT2D eigenvalue weighted by Gasteiger charge is -2.33. The molecule has 0 aromatic heterocycles. The van der Waals surface area contributed by atoms with Gasteiger partial charge in [0.2, 0.25) is 21.7 Å². The van der Waals surface area contributed by atoms with Crippen molar-refractivity contribution >= 4 is 22.0 Å². The Kier molecular flexibility index (Phi) is 9.07. The number of carbonyl (C=O) groups is 1. The van der Waals surface area contributed by atoms with Crippen LogP contribution in [0.15, 0.2) is 47.4 Å². The third kappa shape index (κ3) is 6.71. The van der Waals surface area contributed by atoms with Gasteiger partial charge in [-0.25, -0.2) is 12.8 Å². The van der Waals surface area contributed by atoms with Gasteiger partial charge in [0.15, 0.2) is 11.5 Å². The SMILES string of the molecule is COc1cc(/C=C\C(=O)NCCN2CCN(S(=O)(=O)c3ccc(F)cc3)CC2)cc(OC)c1OC. The summed E-state index contributed by atoms with van der Waals surface area (Å²) in [5.74, 6) is 0.729. The molecule has 0 aliphatic carbocycles. The molecule has 0 spiro atoms. The molecule has 1 amide bonds. The molecule has 1 N–H and O–H groups in total. The summed E-state index contributed by atoms with van der Waals surface area (Å²) in [6.45, 7) is 2.75. The average Bonchev–Trinajstić information content (AvgIpc) is 2.87. The van der Waals surface area contributed by atoms with E-state index in [-0.39, 0.29) is 10.8 Å². The molecule has 0 bridgehead atoms. The molecule has 9 nitrogen and oxygen atoms in total. The van der Waals surface area contributed by atoms with Gasteiger partial charge in [0.25, 0.3) is 0 Å². The Balaban J connectivity index is 1.46. The lowest BCUT2D eigenvalue weighted by Crippen LogP contribution is -2.50. The second kappa shape index (κ2) is 12.0. The Morgan fingerprint density at radius 1 is 1.00 bits per heavy atom. The Morgan fingerprint density at radius 2 is 1.60 bits per heavy atom. The molecule has 35 heavy (non-hydrogen) atoms. The lowest BCUT2D eigenvalue weighted by atomic mass is 10.1. The summed E-state index contributed by atoms with van der Waals surface area (Å²) in [5, 5.41) is 2.83. The molecule has 2 aromatic carbocycles. The molecule has 2 aromatic rings. The Bertz CT molecular complexity index is 1120. The summed E-state index contributed by atoms with van der Waals surface area (Å²) >= 11 is 0. The number of piperazine rings is 1. The zero-order valence-corrected chi connectivity index (χ0v) is 20.8. The molecule has 1 aliphatic rings. The van der Waals surface area contributed by atoms with Crippen molar-refractivity contribution < 1.29 is 31.8 Å². The minimum atomic E-state index is -3.65. The molecule has 0 unspecified atom stereocenters. The molecule has 0 radical (unpaired) electrons. The number of hydrogen-bond donors (Lipinski definition) is 1. The first kappa shape index (κ1) is 26.5. The number of nitrogens with one attached hydrogen (secondary N) is 1. The minimum Gasteiger partial charge on any atom is -0.493 e. The van der Waals surface area contributed by atoms with Gasteiger partial charge in [0, 0.05) is 45.3 Å². The van der Waals surface area contributed by atoms with Crippen molar-refractivity contribution in [2.75, 3.05) is 60.6 Å². The van der Waals surface area contributed by atoms with Gasteiger partial charge < -0.3 is 19.5 Å². The molecule has 0 saturated carbocycles. The number of halogens is 1. The zero-order valence-electron chi connectivity index (χ0n) is 20.0. The van der Waals surface area contributed by atoms with Crippen LogP contribution in [0, 0.1) is 5.82 Å². The van der Waals surface area contributed by atoms with Gasteiger partial charge in [-0.05, 0) is 48.0 Å². The van der Waals surface area contributed by atoms with Crippen LogP contribution in [0.3, 0.4) is 0 Å². The third-order valence-electron chi connectivity index (χ3n) is 5.62. The van der Waals surface area contributed by atoms with Crippen molar-refractivity contribution in [1.29, 1.82) is 0 Å². The van der Waals surface area contributed by atoms with Gasteiger partial charge in [-0.3, -0.25) is 9.69 Å². The molecule has 1 saturated heterocycles. The van der Waals surface area contributed by atoms with Crippen molar-refractivity contribution in [3.8, 4) is 17.2 Å². The fraction of sp³-hybridized carbons (Fsp3) is 0.375. The fourth-order valence-corrected chi connectivity index (χ4v) is 5.14. The van der Waals surface area contributed by atoms with Crippen molar-refractivity contribution in [1.82, 2.24) is 14.5 Å². The van der Waals surface area contributed by atoms with E-state index in [9.17, 15) is 17.6 Å². The molecular formula is C24H30FN3O6S. The van der Waals surface area contributed by atoms with Crippen molar-refractivity contribution in [3.05, 3.63) is 53.9 Å². The van der Waals surface area contributed by atoms with Gasteiger partial charge in [-0.1, -0.05) is 0 Å². The van der Waals surface area contributed by atoms with E-state index in [2.05, 4.69) is 10.2 Å². The van der Waals surface area contributed by atoms with Crippen LogP contribution in [0.1, 0.15) is 5.56 Å². The maximum Gasteiger partial charge on any atom is 0.244 e. The highest BCUT2D eigenvalue weighted by Gasteiger charge is 2.28. The number of sulfonamides is 1. The number of methoxy groups -OCH3 is 3. The zero-order chi connectivity index (χ0) is 25.4. The quantitative estimate of drug-likeness (QED) is 0.491. The van der Waals surface area contributed by atoms with Gasteiger partial charge in [0.05, 0.1) is 26.2 Å². The number of hydrogen-bond acceptors (Lipinski definition) is 7. The van der Waals surface area contributed by atoms with E-state index >= 15 is 0 Å². The summed E-state index contributed by atoms with van der Waals surface area (Å²) in [6.07, 6.45) is 3.08. The standard InChI is InChI=1S/C24H30FN3O6S/c1-32-21-16-18(17-22(33-2)24(21)34-3)4-9-23(29)26-10-11-27-12-14-28(15-13-27)35(30,31)20-7-5-19(25)6-8-20/h4-9,16-17H,10-15H2,1-3H3,(H,26,29)/b9-4-. The van der Waals surface area contributed by atoms with Crippen LogP contribution in [-0.4, -0.2) is 84.1 Å². The van der Waals surface area contributed by atoms with E-state index in [4.69, 9.17) is 14.2 Å². The molecule has 1 heterocycles. The fourth-order valence-electron chi connectivity index (χ4n) is 3.71. The van der Waals surface area contributed by atoms with Crippen molar-refractivity contribution in [2.45, 2.75) is 4.90 Å². The van der Waals surface area contributed by atoms with Crippen LogP contribution in [0.25, 0.3) is 6.08 Å². The number of carbonyl (C=O) groups excluding carboxylic acids is 1. The van der Waals surface area contributed by atoms with Crippen LogP contribution in [0.2, 0.25) is 0 Å². The minimum absolute atomic E-state index is 0.0819. The normalized spacial score (nSPS) is 15.2. The van der Waals surface area contributed by atoms with E-state index < -0.39 is 15.8 Å². The van der Waals surface area contributed by atoms with Gasteiger partial charge in [0.1, 0.15) is 5.82 Å². The largest absolute Gasteiger partial charge is 0.493 e. The molecule has 190 valence electrons. The number of amides is 1. The van der Waals surface area contributed by atoms with E-state index in [1.165, 1.54) is 43.8 Å². The van der Waals surface area contributed by atoms with Gasteiger partial charge in [-0.2, -0.15) is 4.31 Å². The van der Waals surface area contributed by atoms with E-state index in [1.54, 1.807) is 18.2 Å². The first-order valence-corrected chi connectivity index (χ1v) is 12.5. The van der Waals surface area contributed by atoms with Crippen LogP contribution in [0.4, 0.5) is 4.39 Å². The third-order valence-corrected chi connectivity index (χ3v) is 7.54. The topological polar surface area (TPSA) is 97.4 Å². The molecule has 3 rings (SSSR count). The Hall–Kier alpha value is -3.15. The number of nitrogens with zero attached hydrogens (tertiary/aromatic N) is 2. The highest BCUT2D eigenvalue weighted by molar-refractivity contribution is 7.89.